The lowest BCUT2D eigenvalue weighted by molar-refractivity contribution is -0.117. The molecule has 2 nitrogen and oxygen atoms in total. The van der Waals surface area contributed by atoms with Crippen molar-refractivity contribution >= 4 is 28.2 Å². The van der Waals surface area contributed by atoms with Crippen molar-refractivity contribution in [2.75, 3.05) is 0 Å². The molecule has 2 aliphatic carbocycles. The van der Waals surface area contributed by atoms with Gasteiger partial charge < -0.3 is 0 Å². The van der Waals surface area contributed by atoms with E-state index in [-0.39, 0.29) is 0 Å². The third-order valence-electron chi connectivity index (χ3n) is 5.72. The lowest BCUT2D eigenvalue weighted by Gasteiger charge is -2.12. The Morgan fingerprint density at radius 3 is 2.58 bits per heavy atom. The smallest absolute Gasteiger partial charge is 0.133 e. The van der Waals surface area contributed by atoms with E-state index in [2.05, 4.69) is 56.3 Å². The van der Waals surface area contributed by atoms with Crippen molar-refractivity contribution in [3.63, 3.8) is 0 Å². The molecule has 1 unspecified atom stereocenters. The number of aromatic nitrogens is 1. The van der Waals surface area contributed by atoms with E-state index in [9.17, 15) is 4.79 Å². The second-order valence-electron chi connectivity index (χ2n) is 7.78. The molecule has 0 saturated heterocycles. The van der Waals surface area contributed by atoms with E-state index in [4.69, 9.17) is 4.98 Å². The standard InChI is InChI=1S/C24H21NO/c1-14-7-15(2)9-19(8-14)22-13-20-11-18(16-3-4-21(26)12-16)10-17-5-6-25-24(22)23(17)20/h5-11,13,16H,3-4,12H2,1-2H3. The molecule has 1 atom stereocenters. The molecule has 0 N–H and O–H groups in total. The molecule has 1 fully saturated rings. The highest BCUT2D eigenvalue weighted by Gasteiger charge is 2.26. The molecule has 3 aromatic rings. The Kier molecular flexibility index (Phi) is 3.36. The van der Waals surface area contributed by atoms with Gasteiger partial charge in [-0.15, -0.1) is 0 Å². The predicted molar refractivity (Wildman–Crippen MR) is 106 cm³/mol. The number of aryl methyl sites for hydroxylation is 2. The van der Waals surface area contributed by atoms with Gasteiger partial charge >= 0.3 is 0 Å². The second-order valence-corrected chi connectivity index (χ2v) is 7.78. The Morgan fingerprint density at radius 1 is 1.04 bits per heavy atom. The molecule has 26 heavy (non-hydrogen) atoms. The molecule has 1 saturated carbocycles. The Labute approximate surface area is 153 Å². The van der Waals surface area contributed by atoms with Crippen LogP contribution in [0.2, 0.25) is 0 Å². The average Bonchev–Trinajstić information content (AvgIpc) is 3.19. The molecule has 0 bridgehead atoms. The third-order valence-corrected chi connectivity index (χ3v) is 5.72. The lowest BCUT2D eigenvalue weighted by atomic mass is 9.93. The maximum absolute atomic E-state index is 11.7. The van der Waals surface area contributed by atoms with E-state index in [1.54, 1.807) is 0 Å². The van der Waals surface area contributed by atoms with Gasteiger partial charge in [0.1, 0.15) is 5.78 Å². The summed E-state index contributed by atoms with van der Waals surface area (Å²) in [5.41, 5.74) is 8.61. The highest BCUT2D eigenvalue weighted by Crippen LogP contribution is 2.42. The molecule has 0 amide bonds. The summed E-state index contributed by atoms with van der Waals surface area (Å²) in [6.07, 6.45) is 6.58. The van der Waals surface area contributed by atoms with Gasteiger partial charge in [-0.3, -0.25) is 9.78 Å². The Morgan fingerprint density at radius 2 is 1.85 bits per heavy atom. The van der Waals surface area contributed by atoms with Crippen LogP contribution in [0, 0.1) is 13.8 Å². The molecule has 2 heteroatoms. The lowest BCUT2D eigenvalue weighted by Crippen LogP contribution is -1.96. The zero-order chi connectivity index (χ0) is 17.8. The van der Waals surface area contributed by atoms with Gasteiger partial charge in [0.15, 0.2) is 0 Å². The van der Waals surface area contributed by atoms with E-state index in [0.29, 0.717) is 18.1 Å². The number of hydrogen-bond acceptors (Lipinski definition) is 2. The van der Waals surface area contributed by atoms with E-state index in [1.807, 2.05) is 6.20 Å². The maximum Gasteiger partial charge on any atom is 0.133 e. The van der Waals surface area contributed by atoms with Gasteiger partial charge in [0.25, 0.3) is 0 Å². The highest BCUT2D eigenvalue weighted by molar-refractivity contribution is 6.11. The van der Waals surface area contributed by atoms with E-state index < -0.39 is 0 Å². The molecule has 0 radical (unpaired) electrons. The molecule has 5 rings (SSSR count). The van der Waals surface area contributed by atoms with E-state index >= 15 is 0 Å². The van der Waals surface area contributed by atoms with E-state index in [0.717, 1.165) is 18.5 Å². The minimum atomic E-state index is 0.374. The van der Waals surface area contributed by atoms with Crippen LogP contribution in [0.3, 0.4) is 0 Å². The number of benzene rings is 2. The van der Waals surface area contributed by atoms with Gasteiger partial charge in [0.2, 0.25) is 0 Å². The van der Waals surface area contributed by atoms with Crippen LogP contribution in [0.25, 0.3) is 22.4 Å². The van der Waals surface area contributed by atoms with Crippen molar-refractivity contribution in [1.82, 2.24) is 4.98 Å². The first-order chi connectivity index (χ1) is 12.6. The quantitative estimate of drug-likeness (QED) is 0.476. The molecule has 0 spiro atoms. The first kappa shape index (κ1) is 15.5. The Hall–Kier alpha value is -2.74. The van der Waals surface area contributed by atoms with Crippen LogP contribution in [0.15, 0.2) is 42.6 Å². The van der Waals surface area contributed by atoms with Crippen molar-refractivity contribution in [3.05, 3.63) is 76.1 Å². The fourth-order valence-corrected chi connectivity index (χ4v) is 4.60. The van der Waals surface area contributed by atoms with Gasteiger partial charge in [-0.25, -0.2) is 0 Å². The highest BCUT2D eigenvalue weighted by atomic mass is 16.1. The van der Waals surface area contributed by atoms with Crippen LogP contribution >= 0.6 is 0 Å². The van der Waals surface area contributed by atoms with Crippen LogP contribution in [0.5, 0.6) is 0 Å². The summed E-state index contributed by atoms with van der Waals surface area (Å²) in [6, 6.07) is 13.3. The SMILES string of the molecule is Cc1cc(C)cc(C2=Cc3cc(C4CCC(=O)C4)cc4ccnc2c34)c1. The molecule has 2 aromatic carbocycles. The monoisotopic (exact) mass is 339 g/mol. The average molecular weight is 339 g/mol. The van der Waals surface area contributed by atoms with Gasteiger partial charge in [0.05, 0.1) is 5.69 Å². The number of nitrogens with zero attached hydrogens (tertiary/aromatic N) is 1. The number of pyridine rings is 1. The van der Waals surface area contributed by atoms with Crippen LogP contribution in [0.4, 0.5) is 0 Å². The number of hydrogen-bond donors (Lipinski definition) is 0. The molecule has 0 aliphatic heterocycles. The molecule has 2 aliphatic rings. The summed E-state index contributed by atoms with van der Waals surface area (Å²) >= 11 is 0. The Bertz CT molecular complexity index is 1090. The topological polar surface area (TPSA) is 30.0 Å². The van der Waals surface area contributed by atoms with Gasteiger partial charge in [0, 0.05) is 30.0 Å². The molecule has 128 valence electrons. The minimum absolute atomic E-state index is 0.374. The molecular formula is C24H21NO. The molecule has 1 heterocycles. The van der Waals surface area contributed by atoms with Crippen LogP contribution in [-0.2, 0) is 4.79 Å². The zero-order valence-electron chi connectivity index (χ0n) is 15.2. The maximum atomic E-state index is 11.7. The summed E-state index contributed by atoms with van der Waals surface area (Å²) < 4.78 is 0. The summed E-state index contributed by atoms with van der Waals surface area (Å²) in [5.74, 6) is 0.770. The summed E-state index contributed by atoms with van der Waals surface area (Å²) in [7, 11) is 0. The fraction of sp³-hybridized carbons (Fsp3) is 0.250. The summed E-state index contributed by atoms with van der Waals surface area (Å²) in [5, 5.41) is 2.48. The first-order valence-electron chi connectivity index (χ1n) is 9.33. The number of carbonyl (C=O) groups excluding carboxylic acids is 1. The second kappa shape index (κ2) is 5.63. The molecular weight excluding hydrogens is 318 g/mol. The van der Waals surface area contributed by atoms with Crippen molar-refractivity contribution in [1.29, 1.82) is 0 Å². The van der Waals surface area contributed by atoms with Crippen LogP contribution < -0.4 is 0 Å². The van der Waals surface area contributed by atoms with Crippen LogP contribution in [-0.4, -0.2) is 10.8 Å². The number of Topliss-reactive ketones (excluding diaryl/α,β-unsaturated/α-hetero) is 1. The van der Waals surface area contributed by atoms with Crippen molar-refractivity contribution in [3.8, 4) is 0 Å². The zero-order valence-corrected chi connectivity index (χ0v) is 15.2. The van der Waals surface area contributed by atoms with Gasteiger partial charge in [-0.1, -0.05) is 41.5 Å². The largest absolute Gasteiger partial charge is 0.300 e. The van der Waals surface area contributed by atoms with Crippen LogP contribution in [0.1, 0.15) is 58.7 Å². The molecule has 1 aromatic heterocycles. The number of carbonyl (C=O) groups is 1. The van der Waals surface area contributed by atoms with Gasteiger partial charge in [-0.05, 0) is 60.4 Å². The van der Waals surface area contributed by atoms with Crippen molar-refractivity contribution < 1.29 is 4.79 Å². The van der Waals surface area contributed by atoms with Crippen molar-refractivity contribution in [2.24, 2.45) is 0 Å². The van der Waals surface area contributed by atoms with Gasteiger partial charge in [-0.2, -0.15) is 0 Å². The predicted octanol–water partition coefficient (Wildman–Crippen LogP) is 5.59. The van der Waals surface area contributed by atoms with E-state index in [1.165, 1.54) is 44.2 Å². The number of ketones is 1. The normalized spacial score (nSPS) is 18.6. The summed E-state index contributed by atoms with van der Waals surface area (Å²) in [4.78, 5) is 16.4. The Balaban J connectivity index is 1.68. The third kappa shape index (κ3) is 2.40. The number of rotatable bonds is 2. The fourth-order valence-electron chi connectivity index (χ4n) is 4.60. The summed E-state index contributed by atoms with van der Waals surface area (Å²) in [6.45, 7) is 4.28. The van der Waals surface area contributed by atoms with Crippen molar-refractivity contribution in [2.45, 2.75) is 39.0 Å². The minimum Gasteiger partial charge on any atom is -0.300 e. The first-order valence-corrected chi connectivity index (χ1v) is 9.33.